The molecule has 0 spiro atoms. The lowest BCUT2D eigenvalue weighted by Gasteiger charge is -2.29. The molecular formula is C26H31N5O4S. The molecule has 1 unspecified atom stereocenters. The molecule has 190 valence electrons. The molecule has 2 aliphatic rings. The number of benzene rings is 1. The highest BCUT2D eigenvalue weighted by Crippen LogP contribution is 2.36. The van der Waals surface area contributed by atoms with Gasteiger partial charge < -0.3 is 14.5 Å². The number of β-amino-alcohol motifs (C(OH)–C–C–N with tert-alkyl or cyclic N) is 1. The van der Waals surface area contributed by atoms with Crippen LogP contribution in [0.4, 0.5) is 0 Å². The number of aliphatic hydroxyl groups is 1. The van der Waals surface area contributed by atoms with Crippen LogP contribution in [-0.2, 0) is 15.4 Å². The highest BCUT2D eigenvalue weighted by Gasteiger charge is 2.45. The number of aliphatic hydroxyl groups excluding tert-OH is 1. The normalized spacial score (nSPS) is 24.8. The molecule has 0 radical (unpaired) electrons. The van der Waals surface area contributed by atoms with Gasteiger partial charge in [-0.15, -0.1) is 11.3 Å². The summed E-state index contributed by atoms with van der Waals surface area (Å²) in [6.07, 6.45) is -0.276. The summed E-state index contributed by atoms with van der Waals surface area (Å²) in [4.78, 5) is 31.7. The Labute approximate surface area is 214 Å². The van der Waals surface area contributed by atoms with E-state index in [1.165, 1.54) is 0 Å². The summed E-state index contributed by atoms with van der Waals surface area (Å²) in [7, 11) is 0. The Morgan fingerprint density at radius 3 is 2.64 bits per heavy atom. The fourth-order valence-corrected chi connectivity index (χ4v) is 5.78. The van der Waals surface area contributed by atoms with Gasteiger partial charge in [0, 0.05) is 24.6 Å². The van der Waals surface area contributed by atoms with E-state index >= 15 is 0 Å². The lowest BCUT2D eigenvalue weighted by Crippen LogP contribution is -2.46. The van der Waals surface area contributed by atoms with Gasteiger partial charge in [0.15, 0.2) is 0 Å². The third kappa shape index (κ3) is 4.44. The lowest BCUT2D eigenvalue weighted by molar-refractivity contribution is -0.134. The highest BCUT2D eigenvalue weighted by atomic mass is 32.1. The van der Waals surface area contributed by atoms with Crippen molar-refractivity contribution in [3.63, 3.8) is 0 Å². The number of likely N-dealkylation sites (tertiary alicyclic amines) is 1. The zero-order valence-electron chi connectivity index (χ0n) is 21.1. The molecule has 1 saturated heterocycles. The molecule has 2 aromatic heterocycles. The van der Waals surface area contributed by atoms with E-state index in [1.807, 2.05) is 64.4 Å². The van der Waals surface area contributed by atoms with Gasteiger partial charge in [0.05, 0.1) is 33.9 Å². The van der Waals surface area contributed by atoms with Crippen molar-refractivity contribution in [1.82, 2.24) is 20.5 Å². The SMILES string of the molecule is Cc1cc([C@H](C(=O)N2C[C@H](O)C[C@H]2C2=NC(C)(c3ccc(-c4scnc4C)cc3)ON2)C(C)C)on1. The molecule has 2 N–H and O–H groups in total. The van der Waals surface area contributed by atoms with Gasteiger partial charge in [-0.3, -0.25) is 4.79 Å². The second-order valence-corrected chi connectivity index (χ2v) is 10.9. The van der Waals surface area contributed by atoms with Gasteiger partial charge >= 0.3 is 0 Å². The van der Waals surface area contributed by atoms with Crippen LogP contribution < -0.4 is 5.48 Å². The minimum absolute atomic E-state index is 0.0102. The van der Waals surface area contributed by atoms with Crippen molar-refractivity contribution in [3.05, 3.63) is 58.6 Å². The number of hydrogen-bond acceptors (Lipinski definition) is 9. The summed E-state index contributed by atoms with van der Waals surface area (Å²) in [6, 6.07) is 9.44. The first kappa shape index (κ1) is 24.6. The number of nitrogens with zero attached hydrogens (tertiary/aromatic N) is 4. The fraction of sp³-hybridized carbons (Fsp3) is 0.462. The van der Waals surface area contributed by atoms with E-state index in [2.05, 4.69) is 15.6 Å². The molecule has 0 aliphatic carbocycles. The van der Waals surface area contributed by atoms with Gasteiger partial charge in [-0.05, 0) is 32.3 Å². The molecule has 0 bridgehead atoms. The molecule has 5 rings (SSSR count). The van der Waals surface area contributed by atoms with Crippen LogP contribution in [0.5, 0.6) is 0 Å². The smallest absolute Gasteiger partial charge is 0.234 e. The van der Waals surface area contributed by atoms with Crippen LogP contribution in [0.15, 0.2) is 45.4 Å². The number of carbonyl (C=O) groups excluding carboxylic acids is 1. The van der Waals surface area contributed by atoms with Crippen LogP contribution in [0.2, 0.25) is 0 Å². The van der Waals surface area contributed by atoms with Gasteiger partial charge in [0.25, 0.3) is 0 Å². The molecule has 1 aromatic carbocycles. The number of nitrogens with one attached hydrogen (secondary N) is 1. The van der Waals surface area contributed by atoms with Crippen molar-refractivity contribution in [1.29, 1.82) is 0 Å². The predicted molar refractivity (Wildman–Crippen MR) is 136 cm³/mol. The van der Waals surface area contributed by atoms with Crippen LogP contribution >= 0.6 is 11.3 Å². The number of aromatic nitrogens is 2. The molecular weight excluding hydrogens is 478 g/mol. The number of amides is 1. The van der Waals surface area contributed by atoms with Crippen LogP contribution in [0, 0.1) is 19.8 Å². The number of amidine groups is 1. The van der Waals surface area contributed by atoms with E-state index < -0.39 is 23.8 Å². The number of rotatable bonds is 6. The Balaban J connectivity index is 1.40. The Kier molecular flexibility index (Phi) is 6.44. The van der Waals surface area contributed by atoms with Crippen molar-refractivity contribution in [3.8, 4) is 10.4 Å². The quantitative estimate of drug-likeness (QED) is 0.518. The number of aryl methyl sites for hydroxylation is 2. The largest absolute Gasteiger partial charge is 0.391 e. The topological polar surface area (TPSA) is 113 Å². The summed E-state index contributed by atoms with van der Waals surface area (Å²) >= 11 is 1.61. The average molecular weight is 510 g/mol. The first-order chi connectivity index (χ1) is 17.2. The third-order valence-corrected chi connectivity index (χ3v) is 7.86. The Morgan fingerprint density at radius 2 is 2.03 bits per heavy atom. The number of hydroxylamine groups is 1. The van der Waals surface area contributed by atoms with Crippen LogP contribution in [0.1, 0.15) is 55.8 Å². The Morgan fingerprint density at radius 1 is 1.28 bits per heavy atom. The van der Waals surface area contributed by atoms with E-state index in [0.717, 1.165) is 27.4 Å². The molecule has 0 saturated carbocycles. The molecule has 1 amide bonds. The zero-order valence-corrected chi connectivity index (χ0v) is 21.9. The van der Waals surface area contributed by atoms with Gasteiger partial charge in [-0.1, -0.05) is 43.3 Å². The predicted octanol–water partition coefficient (Wildman–Crippen LogP) is 3.92. The molecule has 4 heterocycles. The van der Waals surface area contributed by atoms with E-state index in [9.17, 15) is 9.90 Å². The number of hydrogen-bond donors (Lipinski definition) is 2. The van der Waals surface area contributed by atoms with Gasteiger partial charge in [0.2, 0.25) is 11.6 Å². The van der Waals surface area contributed by atoms with Crippen molar-refractivity contribution >= 4 is 23.1 Å². The van der Waals surface area contributed by atoms with Gasteiger partial charge in [-0.2, -0.15) is 0 Å². The summed E-state index contributed by atoms with van der Waals surface area (Å²) < 4.78 is 5.46. The first-order valence-corrected chi connectivity index (χ1v) is 13.0. The Hall–Kier alpha value is -3.08. The standard InChI is InChI=1S/C26H31N5O4S/c1-14(2)22(21-10-15(3)29-34-21)25(33)31-12-19(32)11-20(31)24-28-26(5,35-30-24)18-8-6-17(7-9-18)23-16(4)27-13-36-23/h6-10,13-14,19-20,22,32H,11-12H2,1-5H3,(H,28,30)/t19-,20+,22-,26?/m1/s1. The summed E-state index contributed by atoms with van der Waals surface area (Å²) in [5.41, 5.74) is 7.54. The van der Waals surface area contributed by atoms with Crippen molar-refractivity contribution in [2.45, 2.75) is 64.8 Å². The minimum atomic E-state index is -0.960. The molecule has 4 atom stereocenters. The molecule has 1 fully saturated rings. The minimum Gasteiger partial charge on any atom is -0.391 e. The Bertz CT molecular complexity index is 1280. The zero-order chi connectivity index (χ0) is 25.6. The second-order valence-electron chi connectivity index (χ2n) is 10.0. The maximum absolute atomic E-state index is 13.7. The fourth-order valence-electron chi connectivity index (χ4n) is 4.96. The van der Waals surface area contributed by atoms with Crippen LogP contribution in [0.25, 0.3) is 10.4 Å². The van der Waals surface area contributed by atoms with E-state index in [1.54, 1.807) is 22.3 Å². The molecule has 3 aromatic rings. The number of aliphatic imine (C=N–C) groups is 1. The lowest BCUT2D eigenvalue weighted by atomic mass is 9.91. The molecule has 10 heteroatoms. The summed E-state index contributed by atoms with van der Waals surface area (Å²) in [5, 5.41) is 14.5. The van der Waals surface area contributed by atoms with Gasteiger partial charge in [-0.25, -0.2) is 20.3 Å². The van der Waals surface area contributed by atoms with Gasteiger partial charge in [0.1, 0.15) is 17.5 Å². The van der Waals surface area contributed by atoms with Crippen molar-refractivity contribution in [2.24, 2.45) is 10.9 Å². The summed E-state index contributed by atoms with van der Waals surface area (Å²) in [6.45, 7) is 9.89. The monoisotopic (exact) mass is 509 g/mol. The van der Waals surface area contributed by atoms with E-state index in [4.69, 9.17) is 14.4 Å². The van der Waals surface area contributed by atoms with E-state index in [0.29, 0.717) is 18.0 Å². The van der Waals surface area contributed by atoms with Crippen molar-refractivity contribution in [2.75, 3.05) is 6.54 Å². The molecule has 36 heavy (non-hydrogen) atoms. The van der Waals surface area contributed by atoms with Crippen LogP contribution in [0.3, 0.4) is 0 Å². The van der Waals surface area contributed by atoms with Crippen LogP contribution in [-0.4, -0.2) is 50.6 Å². The summed E-state index contributed by atoms with van der Waals surface area (Å²) in [5.74, 6) is 0.428. The first-order valence-electron chi connectivity index (χ1n) is 12.1. The third-order valence-electron chi connectivity index (χ3n) is 6.88. The highest BCUT2D eigenvalue weighted by molar-refractivity contribution is 7.13. The van der Waals surface area contributed by atoms with E-state index in [-0.39, 0.29) is 18.4 Å². The maximum Gasteiger partial charge on any atom is 0.234 e. The number of carbonyl (C=O) groups is 1. The molecule has 9 nitrogen and oxygen atoms in total. The number of thiazole rings is 1. The second kappa shape index (κ2) is 9.42. The molecule has 2 aliphatic heterocycles. The maximum atomic E-state index is 13.7. The van der Waals surface area contributed by atoms with Crippen molar-refractivity contribution < 1.29 is 19.3 Å². The average Bonchev–Trinajstić information content (AvgIpc) is 3.62.